The zero-order valence-corrected chi connectivity index (χ0v) is 47.3. The van der Waals surface area contributed by atoms with Crippen molar-refractivity contribution in [3.05, 3.63) is 72.1 Å². The third-order valence-corrected chi connectivity index (χ3v) is 16.9. The number of hydrogen-bond donors (Lipinski definition) is 6. The van der Waals surface area contributed by atoms with Crippen molar-refractivity contribution in [2.45, 2.75) is 36.3 Å². The number of rotatable bonds is 8. The molecule has 28 heteroatoms. The number of nitrogens with one attached hydrogen (secondary N) is 4. The topological polar surface area (TPSA) is 304 Å². The van der Waals surface area contributed by atoms with Crippen LogP contribution in [0.3, 0.4) is 0 Å². The molecule has 4 aromatic rings. The predicted molar refractivity (Wildman–Crippen MR) is 299 cm³/mol. The van der Waals surface area contributed by atoms with Gasteiger partial charge in [-0.1, -0.05) is 58.0 Å². The van der Waals surface area contributed by atoms with E-state index in [2.05, 4.69) is 31.2 Å². The lowest BCUT2D eigenvalue weighted by Gasteiger charge is -2.37. The molecule has 418 valence electrons. The molecule has 6 atom stereocenters. The van der Waals surface area contributed by atoms with Crippen molar-refractivity contribution in [3.63, 3.8) is 0 Å². The number of carbonyl (C=O) groups excluding carboxylic acids is 10. The van der Waals surface area contributed by atoms with Crippen molar-refractivity contribution in [2.75, 3.05) is 104 Å². The predicted octanol–water partition coefficient (Wildman–Crippen LogP) is -0.317. The molecule has 2 saturated heterocycles. The highest BCUT2D eigenvalue weighted by molar-refractivity contribution is 8.76. The number of pyridine rings is 2. The van der Waals surface area contributed by atoms with Gasteiger partial charge in [-0.2, -0.15) is 23.5 Å². The van der Waals surface area contributed by atoms with E-state index in [0.29, 0.717) is 21.8 Å². The SMILES string of the molecule is CSC[C@H]1C(=O)N(C)C[C@@H](NC(=O)c2nc3ccccc3cc2O)C(=O)NCC(=O)N(C)[C@H]2CSSCC(C(=O)N1C)N(C)C(=O)CNC(=O)[C@H](NC(=O)c1nc3ccccc3cc1O)CN(C)C(=O)[C@H](CSC)N(C)C2=O. The monoisotopic (exact) mass is 1150 g/mol. The van der Waals surface area contributed by atoms with Gasteiger partial charge >= 0.3 is 0 Å². The number of fused-ring (bicyclic) bond motifs is 7. The van der Waals surface area contributed by atoms with Gasteiger partial charge in [-0.05, 0) is 36.8 Å². The molecule has 2 aromatic carbocycles. The van der Waals surface area contributed by atoms with Crippen LogP contribution in [0.5, 0.6) is 11.5 Å². The Morgan fingerprint density at radius 2 is 0.936 bits per heavy atom. The molecule has 0 spiro atoms. The summed E-state index contributed by atoms with van der Waals surface area (Å²) in [5, 5.41) is 32.9. The van der Waals surface area contributed by atoms with Gasteiger partial charge in [0.25, 0.3) is 11.8 Å². The van der Waals surface area contributed by atoms with Crippen LogP contribution in [0.15, 0.2) is 60.7 Å². The van der Waals surface area contributed by atoms with Crippen molar-refractivity contribution in [1.82, 2.24) is 60.6 Å². The van der Waals surface area contributed by atoms with Crippen molar-refractivity contribution in [1.29, 1.82) is 0 Å². The van der Waals surface area contributed by atoms with Gasteiger partial charge in [0.1, 0.15) is 47.8 Å². The number of likely N-dealkylation sites (N-methyl/N-ethyl adjacent to an activating group) is 6. The van der Waals surface area contributed by atoms with Crippen LogP contribution in [-0.2, 0) is 38.4 Å². The molecule has 6 rings (SSSR count). The fourth-order valence-corrected chi connectivity index (χ4v) is 12.4. The highest BCUT2D eigenvalue weighted by atomic mass is 33.1. The molecule has 0 radical (unpaired) electrons. The molecule has 2 aliphatic heterocycles. The molecule has 2 fully saturated rings. The van der Waals surface area contributed by atoms with E-state index in [1.165, 1.54) is 87.7 Å². The summed E-state index contributed by atoms with van der Waals surface area (Å²) in [5.74, 6) is -9.45. The zero-order valence-electron chi connectivity index (χ0n) is 44.1. The molecule has 6 N–H and O–H groups in total. The summed E-state index contributed by atoms with van der Waals surface area (Å²) in [7, 11) is 10.2. The molecule has 1 unspecified atom stereocenters. The summed E-state index contributed by atoms with van der Waals surface area (Å²) in [6.45, 7) is -2.49. The normalized spacial score (nSPS) is 22.6. The molecular weight excluding hydrogens is 1090 g/mol. The van der Waals surface area contributed by atoms with E-state index in [-0.39, 0.29) is 23.0 Å². The molecule has 2 aromatic heterocycles. The molecule has 0 saturated carbocycles. The largest absolute Gasteiger partial charge is 0.505 e. The Balaban J connectivity index is 1.39. The second kappa shape index (κ2) is 27.0. The Hall–Kier alpha value is -7.04. The van der Waals surface area contributed by atoms with Gasteiger partial charge in [0.05, 0.1) is 24.1 Å². The van der Waals surface area contributed by atoms with E-state index in [1.54, 1.807) is 61.0 Å². The third kappa shape index (κ3) is 14.2. The Morgan fingerprint density at radius 1 is 0.577 bits per heavy atom. The summed E-state index contributed by atoms with van der Waals surface area (Å²) in [6.07, 6.45) is 3.41. The first-order chi connectivity index (χ1) is 37.1. The first-order valence-corrected chi connectivity index (χ1v) is 29.5. The second-order valence-corrected chi connectivity index (χ2v) is 22.8. The fourth-order valence-electron chi connectivity index (χ4n) is 8.50. The van der Waals surface area contributed by atoms with Crippen LogP contribution >= 0.6 is 45.1 Å². The highest BCUT2D eigenvalue weighted by Crippen LogP contribution is 2.29. The van der Waals surface area contributed by atoms with Crippen LogP contribution in [0.2, 0.25) is 0 Å². The number of benzene rings is 2. The Morgan fingerprint density at radius 3 is 1.29 bits per heavy atom. The number of amides is 10. The number of para-hydroxylation sites is 2. The second-order valence-electron chi connectivity index (χ2n) is 18.5. The molecule has 0 aliphatic carbocycles. The lowest BCUT2D eigenvalue weighted by Crippen LogP contribution is -2.61. The van der Waals surface area contributed by atoms with E-state index < -0.39 is 144 Å². The maximum atomic E-state index is 14.9. The zero-order chi connectivity index (χ0) is 57.1. The van der Waals surface area contributed by atoms with E-state index >= 15 is 0 Å². The van der Waals surface area contributed by atoms with E-state index in [9.17, 15) is 58.2 Å². The summed E-state index contributed by atoms with van der Waals surface area (Å²) < 4.78 is 0. The van der Waals surface area contributed by atoms with E-state index in [4.69, 9.17) is 0 Å². The van der Waals surface area contributed by atoms with Gasteiger partial charge in [-0.25, -0.2) is 9.97 Å². The molecule has 10 amide bonds. The molecule has 24 nitrogen and oxygen atoms in total. The number of aromatic hydroxyl groups is 2. The van der Waals surface area contributed by atoms with Gasteiger partial charge in [0, 0.05) is 89.2 Å². The highest BCUT2D eigenvalue weighted by Gasteiger charge is 2.41. The van der Waals surface area contributed by atoms with E-state index in [0.717, 1.165) is 41.2 Å². The lowest BCUT2D eigenvalue weighted by atomic mass is 10.1. The lowest BCUT2D eigenvalue weighted by molar-refractivity contribution is -0.149. The van der Waals surface area contributed by atoms with Gasteiger partial charge in [-0.15, -0.1) is 0 Å². The van der Waals surface area contributed by atoms with Gasteiger partial charge < -0.3 is 60.9 Å². The van der Waals surface area contributed by atoms with Gasteiger partial charge in [0.2, 0.25) is 47.3 Å². The maximum absolute atomic E-state index is 14.9. The van der Waals surface area contributed by atoms with Crippen LogP contribution in [0.4, 0.5) is 0 Å². The first kappa shape index (κ1) is 60.2. The standard InChI is InChI=1S/C50H62N12O12S4/c1-57-21-31(55-45(69)41-37(63)17-27-13-9-11-15-29(27)53-41)43(67)51-19-39(65)60(4)36-26-78-77-25-35(49(73)61(5)33(23-75-7)47(57)71)59(3)40(66)20-52-44(68)32(22-58(2)48(72)34(24-76-8)62(6)50(36)74)56-46(70)42-38(64)18-28-14-10-12-16-30(28)54-42/h9-18,31-36,63-64H,19-26H2,1-8H3,(H,51,67)(H,52,68)(H,55,69)(H,56,70)/t31-,32-,33+,34+,35+,36?/m1/s1. The van der Waals surface area contributed by atoms with Crippen molar-refractivity contribution < 1.29 is 58.2 Å². The van der Waals surface area contributed by atoms with Gasteiger partial charge in [-0.3, -0.25) is 47.9 Å². The van der Waals surface area contributed by atoms with Crippen molar-refractivity contribution >= 4 is 126 Å². The average Bonchev–Trinajstić information content (AvgIpc) is 3.48. The minimum Gasteiger partial charge on any atom is -0.505 e. The van der Waals surface area contributed by atoms with Gasteiger partial charge in [0.15, 0.2) is 11.4 Å². The number of aromatic nitrogens is 2. The summed E-state index contributed by atoms with van der Waals surface area (Å²) in [5.41, 5.74) is -0.146. The van der Waals surface area contributed by atoms with Crippen LogP contribution < -0.4 is 21.3 Å². The van der Waals surface area contributed by atoms with Crippen LogP contribution in [0, 0.1) is 0 Å². The van der Waals surface area contributed by atoms with Crippen LogP contribution in [0.1, 0.15) is 21.0 Å². The molecule has 2 aliphatic rings. The number of thioether (sulfide) groups is 2. The van der Waals surface area contributed by atoms with Crippen LogP contribution in [0.25, 0.3) is 21.8 Å². The quantitative estimate of drug-likeness (QED) is 0.123. The van der Waals surface area contributed by atoms with E-state index in [1.807, 2.05) is 0 Å². The fraction of sp³-hybridized carbons (Fsp3) is 0.440. The molecular formula is C50H62N12O12S4. The Labute approximate surface area is 466 Å². The molecule has 2 bridgehead atoms. The minimum atomic E-state index is -1.60. The summed E-state index contributed by atoms with van der Waals surface area (Å²) >= 11 is 2.45. The Kier molecular flexibility index (Phi) is 20.9. The number of hydrogen-bond acceptors (Lipinski definition) is 18. The van der Waals surface area contributed by atoms with Crippen molar-refractivity contribution in [2.24, 2.45) is 0 Å². The smallest absolute Gasteiger partial charge is 0.274 e. The summed E-state index contributed by atoms with van der Waals surface area (Å²) in [6, 6.07) is 7.73. The summed E-state index contributed by atoms with van der Waals surface area (Å²) in [4.78, 5) is 159. The minimum absolute atomic E-state index is 0.0259. The van der Waals surface area contributed by atoms with Crippen LogP contribution in [-0.4, -0.2) is 249 Å². The maximum Gasteiger partial charge on any atom is 0.274 e. The Bertz CT molecular complexity index is 2780. The first-order valence-electron chi connectivity index (χ1n) is 24.2. The van der Waals surface area contributed by atoms with Crippen molar-refractivity contribution in [3.8, 4) is 11.5 Å². The number of carbonyl (C=O) groups is 10. The average molecular weight is 1150 g/mol. The number of nitrogens with zero attached hydrogens (tertiary/aromatic N) is 8. The molecule has 4 heterocycles. The third-order valence-electron chi connectivity index (χ3n) is 13.3. The molecule has 78 heavy (non-hydrogen) atoms.